The molecule has 41 heavy (non-hydrogen) atoms. The van der Waals surface area contributed by atoms with Crippen LogP contribution in [0.15, 0.2) is 182 Å². The lowest BCUT2D eigenvalue weighted by Gasteiger charge is -2.53. The van der Waals surface area contributed by atoms with Crippen LogP contribution in [0.25, 0.3) is 0 Å². The molecule has 0 fully saturated rings. The van der Waals surface area contributed by atoms with Gasteiger partial charge in [0, 0.05) is 0 Å². The average Bonchev–Trinajstić information content (AvgIpc) is 3.07. The highest BCUT2D eigenvalue weighted by Crippen LogP contribution is 2.23. The number of benzene rings is 6. The number of nitrogens with zero attached hydrogens (tertiary/aromatic N) is 1. The number of hydrogen-bond acceptors (Lipinski definition) is 1. The smallest absolute Gasteiger partial charge is 0.219 e. The lowest BCUT2D eigenvalue weighted by Crippen LogP contribution is -2.90. The molecule has 6 rings (SSSR count). The van der Waals surface area contributed by atoms with Gasteiger partial charge in [-0.15, -0.1) is 0 Å². The van der Waals surface area contributed by atoms with Crippen LogP contribution in [0.2, 0.25) is 0 Å². The Bertz CT molecular complexity index is 1320. The molecule has 1 nitrogen and oxygen atoms in total. The van der Waals surface area contributed by atoms with Crippen LogP contribution in [0.3, 0.4) is 0 Å². The summed E-state index contributed by atoms with van der Waals surface area (Å²) in [7, 11) is -5.68. The summed E-state index contributed by atoms with van der Waals surface area (Å²) < 4.78 is 3.00. The summed E-state index contributed by atoms with van der Waals surface area (Å²) in [5.74, 6) is 0. The zero-order chi connectivity index (χ0) is 28.0. The first-order chi connectivity index (χ1) is 20.3. The summed E-state index contributed by atoms with van der Waals surface area (Å²) >= 11 is 0. The highest BCUT2D eigenvalue weighted by atomic mass is 28.4. The van der Waals surface area contributed by atoms with Gasteiger partial charge in [0.1, 0.15) is 0 Å². The zero-order valence-corrected chi connectivity index (χ0v) is 25.5. The van der Waals surface area contributed by atoms with Gasteiger partial charge in [-0.1, -0.05) is 189 Å². The van der Waals surface area contributed by atoms with Crippen LogP contribution < -0.4 is 31.1 Å². The molecule has 0 saturated carbocycles. The molecule has 3 heteroatoms. The average molecular weight is 562 g/mol. The van der Waals surface area contributed by atoms with Crippen molar-refractivity contribution in [3.05, 3.63) is 182 Å². The van der Waals surface area contributed by atoms with Crippen LogP contribution >= 0.6 is 0 Å². The highest BCUT2D eigenvalue weighted by molar-refractivity contribution is 7.22. The van der Waals surface area contributed by atoms with Gasteiger partial charge in [0.25, 0.3) is 0 Å². The maximum Gasteiger partial charge on any atom is 0.219 e. The van der Waals surface area contributed by atoms with Crippen LogP contribution in [0.5, 0.6) is 0 Å². The van der Waals surface area contributed by atoms with Gasteiger partial charge in [0.05, 0.1) is 0 Å². The van der Waals surface area contributed by atoms with Gasteiger partial charge in [-0.3, -0.25) is 0 Å². The van der Waals surface area contributed by atoms with Gasteiger partial charge in [-0.05, 0) is 37.7 Å². The van der Waals surface area contributed by atoms with Crippen molar-refractivity contribution in [1.82, 2.24) is 4.23 Å². The Balaban J connectivity index is 1.84. The number of rotatable bonds is 9. The summed E-state index contributed by atoms with van der Waals surface area (Å²) in [5, 5.41) is 8.41. The van der Waals surface area contributed by atoms with Crippen molar-refractivity contribution >= 4 is 47.6 Å². The second-order valence-electron chi connectivity index (χ2n) is 10.4. The first-order valence-corrected chi connectivity index (χ1v) is 18.3. The van der Waals surface area contributed by atoms with E-state index in [9.17, 15) is 0 Å². The van der Waals surface area contributed by atoms with Crippen LogP contribution in [-0.4, -0.2) is 27.2 Å². The number of hydrogen-bond donors (Lipinski definition) is 0. The van der Waals surface area contributed by atoms with Gasteiger partial charge < -0.3 is 4.23 Å². The monoisotopic (exact) mass is 561 g/mol. The third kappa shape index (κ3) is 4.62. The first-order valence-electron chi connectivity index (χ1n) is 14.4. The minimum absolute atomic E-state index is 0.899. The van der Waals surface area contributed by atoms with Gasteiger partial charge in [-0.25, -0.2) is 0 Å². The quantitative estimate of drug-likeness (QED) is 0.184. The minimum atomic E-state index is -2.84. The van der Waals surface area contributed by atoms with Crippen LogP contribution in [0.4, 0.5) is 0 Å². The third-order valence-electron chi connectivity index (χ3n) is 8.28. The summed E-state index contributed by atoms with van der Waals surface area (Å²) in [6, 6.07) is 67.9. The molecule has 0 bridgehead atoms. The van der Waals surface area contributed by atoms with Crippen molar-refractivity contribution in [1.29, 1.82) is 0 Å². The first kappa shape index (κ1) is 26.9. The van der Waals surface area contributed by atoms with Crippen molar-refractivity contribution in [2.45, 2.75) is 6.92 Å². The predicted molar refractivity (Wildman–Crippen MR) is 180 cm³/mol. The van der Waals surface area contributed by atoms with Crippen molar-refractivity contribution in [2.24, 2.45) is 0 Å². The van der Waals surface area contributed by atoms with Gasteiger partial charge in [0.2, 0.25) is 16.5 Å². The maximum absolute atomic E-state index is 3.00. The largest absolute Gasteiger partial charge is 0.324 e. The Morgan fingerprint density at radius 3 is 0.634 bits per heavy atom. The topological polar surface area (TPSA) is 3.24 Å². The van der Waals surface area contributed by atoms with E-state index in [0.29, 0.717) is 0 Å². The molecule has 0 aliphatic heterocycles. The molecule has 0 aromatic heterocycles. The molecular formula is C38H35NSi2. The SMILES string of the molecule is CCN([Si](c1ccccc1)(c1ccccc1)c1ccccc1)[Si](c1ccccc1)(c1ccccc1)c1ccccc1. The molecule has 0 atom stereocenters. The molecular weight excluding hydrogens is 527 g/mol. The molecule has 0 radical (unpaired) electrons. The summed E-state index contributed by atoms with van der Waals surface area (Å²) in [5.41, 5.74) is 0. The van der Waals surface area contributed by atoms with Crippen molar-refractivity contribution in [3.8, 4) is 0 Å². The van der Waals surface area contributed by atoms with Crippen molar-refractivity contribution in [2.75, 3.05) is 6.54 Å². The zero-order valence-electron chi connectivity index (χ0n) is 23.5. The lowest BCUT2D eigenvalue weighted by atomic mass is 10.3. The van der Waals surface area contributed by atoms with E-state index in [4.69, 9.17) is 0 Å². The molecule has 0 spiro atoms. The predicted octanol–water partition coefficient (Wildman–Crippen LogP) is 4.64. The Kier molecular flexibility index (Phi) is 7.92. The standard InChI is InChI=1S/C38H35NSi2/c1-2-39(40(33-21-9-3-10-22-33,34-23-11-4-12-24-34)35-25-13-5-14-26-35)41(36-27-15-6-16-28-36,37-29-17-7-18-30-37)38-31-19-8-20-32-38/h3-32H,2H2,1H3. The molecule has 0 amide bonds. The van der Waals surface area contributed by atoms with E-state index >= 15 is 0 Å². The molecule has 6 aromatic carbocycles. The van der Waals surface area contributed by atoms with Crippen molar-refractivity contribution < 1.29 is 0 Å². The summed E-state index contributed by atoms with van der Waals surface area (Å²) in [6.45, 7) is 3.27. The van der Waals surface area contributed by atoms with Gasteiger partial charge in [-0.2, -0.15) is 0 Å². The maximum atomic E-state index is 3.00. The molecule has 0 heterocycles. The van der Waals surface area contributed by atoms with E-state index in [2.05, 4.69) is 193 Å². The van der Waals surface area contributed by atoms with Crippen molar-refractivity contribution in [3.63, 3.8) is 0 Å². The summed E-state index contributed by atoms with van der Waals surface area (Å²) in [4.78, 5) is 0. The molecule has 0 unspecified atom stereocenters. The Hall–Kier alpha value is -4.29. The molecule has 6 aromatic rings. The molecule has 0 saturated heterocycles. The molecule has 200 valence electrons. The Morgan fingerprint density at radius 1 is 0.317 bits per heavy atom. The second-order valence-corrected chi connectivity index (χ2v) is 18.2. The fourth-order valence-electron chi connectivity index (χ4n) is 6.74. The fourth-order valence-corrected chi connectivity index (χ4v) is 19.9. The lowest BCUT2D eigenvalue weighted by molar-refractivity contribution is 0.683. The molecule has 0 aliphatic carbocycles. The van der Waals surface area contributed by atoms with Crippen LogP contribution in [-0.2, 0) is 0 Å². The molecule has 0 N–H and O–H groups in total. The van der Waals surface area contributed by atoms with Crippen LogP contribution in [0, 0.1) is 0 Å². The van der Waals surface area contributed by atoms with E-state index in [0.717, 1.165) is 6.54 Å². The van der Waals surface area contributed by atoms with E-state index < -0.39 is 16.5 Å². The normalized spacial score (nSPS) is 11.9. The van der Waals surface area contributed by atoms with Gasteiger partial charge in [0.15, 0.2) is 0 Å². The van der Waals surface area contributed by atoms with E-state index in [1.807, 2.05) is 0 Å². The minimum Gasteiger partial charge on any atom is -0.324 e. The van der Waals surface area contributed by atoms with E-state index in [1.54, 1.807) is 0 Å². The molecule has 0 aliphatic rings. The van der Waals surface area contributed by atoms with E-state index in [-0.39, 0.29) is 0 Å². The third-order valence-corrected chi connectivity index (χ3v) is 19.6. The highest BCUT2D eigenvalue weighted by Gasteiger charge is 2.56. The fraction of sp³-hybridized carbons (Fsp3) is 0.0526. The Labute approximate surface area is 246 Å². The summed E-state index contributed by atoms with van der Waals surface area (Å²) in [6.07, 6.45) is 0. The Morgan fingerprint density at radius 2 is 0.488 bits per heavy atom. The van der Waals surface area contributed by atoms with Crippen LogP contribution in [0.1, 0.15) is 6.92 Å². The van der Waals surface area contributed by atoms with Gasteiger partial charge >= 0.3 is 0 Å². The van der Waals surface area contributed by atoms with E-state index in [1.165, 1.54) is 31.1 Å². The second kappa shape index (κ2) is 12.1.